The van der Waals surface area contributed by atoms with Crippen LogP contribution in [0.1, 0.15) is 23.6 Å². The predicted octanol–water partition coefficient (Wildman–Crippen LogP) is 11.2. The largest absolute Gasteiger partial charge is 0.228 e. The molecule has 0 saturated heterocycles. The second kappa shape index (κ2) is 10.1. The first-order valence-electron chi connectivity index (χ1n) is 15.3. The van der Waals surface area contributed by atoms with Crippen LogP contribution in [-0.2, 0) is 5.41 Å². The predicted molar refractivity (Wildman–Crippen MR) is 189 cm³/mol. The average molecular weight is 593 g/mol. The molecule has 2 heterocycles. The van der Waals surface area contributed by atoms with Crippen molar-refractivity contribution in [3.05, 3.63) is 168 Å². The van der Waals surface area contributed by atoms with Gasteiger partial charge in [-0.05, 0) is 46.9 Å². The first-order valence-corrected chi connectivity index (χ1v) is 16.2. The quantitative estimate of drug-likeness (QED) is 0.203. The maximum Gasteiger partial charge on any atom is 0.160 e. The fourth-order valence-corrected chi connectivity index (χ4v) is 8.45. The van der Waals surface area contributed by atoms with Gasteiger partial charge in [0.15, 0.2) is 5.82 Å². The molecule has 2 aromatic heterocycles. The van der Waals surface area contributed by atoms with E-state index < -0.39 is 0 Å². The van der Waals surface area contributed by atoms with Gasteiger partial charge < -0.3 is 0 Å². The van der Waals surface area contributed by atoms with Gasteiger partial charge >= 0.3 is 0 Å². The Hall–Kier alpha value is -5.38. The molecule has 0 aliphatic heterocycles. The van der Waals surface area contributed by atoms with Gasteiger partial charge in [-0.2, -0.15) is 0 Å². The number of rotatable bonds is 4. The van der Waals surface area contributed by atoms with Gasteiger partial charge in [0.05, 0.1) is 11.4 Å². The summed E-state index contributed by atoms with van der Waals surface area (Å²) < 4.78 is 2.54. The minimum absolute atomic E-state index is 0.274. The Balaban J connectivity index is 1.33. The normalized spacial score (nSPS) is 15.3. The van der Waals surface area contributed by atoms with Crippen LogP contribution in [0.5, 0.6) is 0 Å². The van der Waals surface area contributed by atoms with E-state index in [9.17, 15) is 0 Å². The van der Waals surface area contributed by atoms with Crippen LogP contribution in [0.2, 0.25) is 0 Å². The number of benzene rings is 6. The van der Waals surface area contributed by atoms with Crippen LogP contribution in [0.3, 0.4) is 0 Å². The first kappa shape index (κ1) is 26.1. The van der Waals surface area contributed by atoms with Crippen LogP contribution in [-0.4, -0.2) is 9.97 Å². The van der Waals surface area contributed by atoms with E-state index in [-0.39, 0.29) is 5.41 Å². The monoisotopic (exact) mass is 592 g/mol. The van der Waals surface area contributed by atoms with E-state index >= 15 is 0 Å². The molecule has 0 saturated carbocycles. The molecule has 3 heteroatoms. The molecule has 0 amide bonds. The zero-order chi connectivity index (χ0) is 30.0. The molecule has 6 aromatic carbocycles. The van der Waals surface area contributed by atoms with Crippen molar-refractivity contribution in [3.63, 3.8) is 0 Å². The van der Waals surface area contributed by atoms with E-state index in [1.165, 1.54) is 48.0 Å². The van der Waals surface area contributed by atoms with Crippen molar-refractivity contribution in [2.24, 2.45) is 0 Å². The van der Waals surface area contributed by atoms with E-state index in [2.05, 4.69) is 153 Å². The summed E-state index contributed by atoms with van der Waals surface area (Å²) in [6.45, 7) is 2.36. The Morgan fingerprint density at radius 3 is 1.96 bits per heavy atom. The van der Waals surface area contributed by atoms with Crippen LogP contribution in [0.4, 0.5) is 0 Å². The smallest absolute Gasteiger partial charge is 0.160 e. The van der Waals surface area contributed by atoms with Gasteiger partial charge in [-0.25, -0.2) is 9.97 Å². The number of hydrogen-bond acceptors (Lipinski definition) is 3. The van der Waals surface area contributed by atoms with Crippen LogP contribution >= 0.6 is 11.3 Å². The lowest BCUT2D eigenvalue weighted by Crippen LogP contribution is -2.22. The third kappa shape index (κ3) is 3.94. The van der Waals surface area contributed by atoms with E-state index in [0.717, 1.165) is 33.9 Å². The highest BCUT2D eigenvalue weighted by Crippen LogP contribution is 2.55. The van der Waals surface area contributed by atoms with Gasteiger partial charge in [0.25, 0.3) is 0 Å². The second-order valence-electron chi connectivity index (χ2n) is 11.9. The van der Waals surface area contributed by atoms with Crippen molar-refractivity contribution in [3.8, 4) is 45.0 Å². The van der Waals surface area contributed by atoms with E-state index in [1.54, 1.807) is 0 Å². The molecule has 0 N–H and O–H groups in total. The Kier molecular flexibility index (Phi) is 5.84. The van der Waals surface area contributed by atoms with Crippen molar-refractivity contribution in [2.75, 3.05) is 0 Å². The Bertz CT molecular complexity index is 2390. The standard InChI is InChI=1S/C42H28N2S/c1-42(28-16-6-3-7-17-28)34-23-10-8-19-31(34)39-32(21-13-24-35(39)42)36-26-37(44-41(43-36)27-14-4-2-5-15-27)33-22-12-20-30-29-18-9-11-25-38(29)45-40(30)33/h2-26H,1H3. The fraction of sp³-hybridized carbons (Fsp3) is 0.0476. The van der Waals surface area contributed by atoms with Crippen LogP contribution in [0.25, 0.3) is 65.2 Å². The SMILES string of the molecule is CC1(c2ccccc2)c2ccccc2-c2c(-c3cc(-c4cccc5c4sc4ccccc45)nc(-c4ccccc4)n3)cccc21. The number of fused-ring (bicyclic) bond motifs is 6. The molecule has 1 aliphatic rings. The summed E-state index contributed by atoms with van der Waals surface area (Å²) in [6.07, 6.45) is 0. The zero-order valence-electron chi connectivity index (χ0n) is 24.7. The average Bonchev–Trinajstić information content (AvgIpc) is 3.63. The van der Waals surface area contributed by atoms with Gasteiger partial charge in [0.2, 0.25) is 0 Å². The van der Waals surface area contributed by atoms with E-state index in [4.69, 9.17) is 9.97 Å². The molecule has 1 aliphatic carbocycles. The first-order chi connectivity index (χ1) is 22.2. The molecular formula is C42H28N2S. The molecule has 45 heavy (non-hydrogen) atoms. The number of hydrogen-bond donors (Lipinski definition) is 0. The topological polar surface area (TPSA) is 25.8 Å². The molecule has 212 valence electrons. The third-order valence-corrected chi connectivity index (χ3v) is 10.6. The van der Waals surface area contributed by atoms with E-state index in [1.807, 2.05) is 17.4 Å². The fourth-order valence-electron chi connectivity index (χ4n) is 7.23. The lowest BCUT2D eigenvalue weighted by Gasteiger charge is -2.28. The summed E-state index contributed by atoms with van der Waals surface area (Å²) >= 11 is 1.83. The van der Waals surface area contributed by atoms with Crippen molar-refractivity contribution in [1.82, 2.24) is 9.97 Å². The lowest BCUT2D eigenvalue weighted by atomic mass is 9.74. The third-order valence-electron chi connectivity index (χ3n) is 9.40. The molecule has 9 rings (SSSR count). The summed E-state index contributed by atoms with van der Waals surface area (Å²) in [6, 6.07) is 54.2. The van der Waals surface area contributed by atoms with Crippen LogP contribution < -0.4 is 0 Å². The molecule has 8 aromatic rings. The van der Waals surface area contributed by atoms with E-state index in [0.29, 0.717) is 0 Å². The molecule has 0 radical (unpaired) electrons. The molecule has 1 atom stereocenters. The number of thiophene rings is 1. The summed E-state index contributed by atoms with van der Waals surface area (Å²) in [7, 11) is 0. The van der Waals surface area contributed by atoms with Gasteiger partial charge in [-0.15, -0.1) is 11.3 Å². The minimum atomic E-state index is -0.274. The Morgan fingerprint density at radius 1 is 0.511 bits per heavy atom. The second-order valence-corrected chi connectivity index (χ2v) is 12.9. The molecule has 0 spiro atoms. The summed E-state index contributed by atoms with van der Waals surface area (Å²) in [4.78, 5) is 10.5. The van der Waals surface area contributed by atoms with Crippen LogP contribution in [0, 0.1) is 0 Å². The Morgan fingerprint density at radius 2 is 1.11 bits per heavy atom. The molecule has 0 fully saturated rings. The van der Waals surface area contributed by atoms with Crippen molar-refractivity contribution in [2.45, 2.75) is 12.3 Å². The number of aromatic nitrogens is 2. The minimum Gasteiger partial charge on any atom is -0.228 e. The highest BCUT2D eigenvalue weighted by Gasteiger charge is 2.41. The summed E-state index contributed by atoms with van der Waals surface area (Å²) in [5, 5.41) is 2.55. The maximum absolute atomic E-state index is 5.29. The highest BCUT2D eigenvalue weighted by atomic mass is 32.1. The molecule has 1 unspecified atom stereocenters. The zero-order valence-corrected chi connectivity index (χ0v) is 25.6. The highest BCUT2D eigenvalue weighted by molar-refractivity contribution is 7.26. The maximum atomic E-state index is 5.29. The van der Waals surface area contributed by atoms with Gasteiger partial charge in [-0.3, -0.25) is 0 Å². The van der Waals surface area contributed by atoms with Crippen molar-refractivity contribution >= 4 is 31.5 Å². The lowest BCUT2D eigenvalue weighted by molar-refractivity contribution is 0.714. The van der Waals surface area contributed by atoms with Gasteiger partial charge in [0, 0.05) is 42.3 Å². The van der Waals surface area contributed by atoms with Crippen molar-refractivity contribution in [1.29, 1.82) is 0 Å². The number of nitrogens with zero attached hydrogens (tertiary/aromatic N) is 2. The van der Waals surface area contributed by atoms with Gasteiger partial charge in [0.1, 0.15) is 0 Å². The summed E-state index contributed by atoms with van der Waals surface area (Å²) in [5.74, 6) is 0.732. The van der Waals surface area contributed by atoms with Gasteiger partial charge in [-0.1, -0.05) is 140 Å². The molecule has 2 nitrogen and oxygen atoms in total. The van der Waals surface area contributed by atoms with Crippen molar-refractivity contribution < 1.29 is 0 Å². The molecular weight excluding hydrogens is 565 g/mol. The molecule has 0 bridgehead atoms. The van der Waals surface area contributed by atoms with Crippen LogP contribution in [0.15, 0.2) is 152 Å². The summed E-state index contributed by atoms with van der Waals surface area (Å²) in [5.41, 5.74) is 11.3. The Labute approximate surface area is 266 Å².